The molecule has 0 bridgehead atoms. The molecule has 0 radical (unpaired) electrons. The third-order valence-electron chi connectivity index (χ3n) is 2.45. The Morgan fingerprint density at radius 3 is 2.75 bits per heavy atom. The molecule has 0 saturated heterocycles. The Morgan fingerprint density at radius 2 is 2.10 bits per heavy atom. The van der Waals surface area contributed by atoms with Crippen LogP contribution < -0.4 is 10.5 Å². The van der Waals surface area contributed by atoms with Crippen LogP contribution in [-0.2, 0) is 10.0 Å². The molecule has 1 heterocycles. The maximum absolute atomic E-state index is 12.2. The predicted molar refractivity (Wildman–Crippen MR) is 72.3 cm³/mol. The van der Waals surface area contributed by atoms with Gasteiger partial charge in [0.05, 0.1) is 11.4 Å². The zero-order valence-electron chi connectivity index (χ0n) is 10.1. The number of sulfonamides is 1. The van der Waals surface area contributed by atoms with Gasteiger partial charge in [0.1, 0.15) is 16.7 Å². The molecule has 2 rings (SSSR count). The molecule has 0 fully saturated rings. The van der Waals surface area contributed by atoms with Gasteiger partial charge < -0.3 is 10.8 Å². The van der Waals surface area contributed by atoms with Crippen molar-refractivity contribution in [2.75, 3.05) is 10.5 Å². The van der Waals surface area contributed by atoms with Crippen LogP contribution in [0.25, 0.3) is 0 Å². The zero-order chi connectivity index (χ0) is 14.8. The minimum Gasteiger partial charge on any atom is -0.508 e. The molecule has 20 heavy (non-hydrogen) atoms. The highest BCUT2D eigenvalue weighted by atomic mass is 32.2. The Balaban J connectivity index is 2.44. The van der Waals surface area contributed by atoms with Crippen molar-refractivity contribution in [2.45, 2.75) is 4.90 Å². The van der Waals surface area contributed by atoms with Gasteiger partial charge in [-0.15, -0.1) is 0 Å². The van der Waals surface area contributed by atoms with E-state index in [-0.39, 0.29) is 27.7 Å². The monoisotopic (exact) mass is 290 g/mol. The molecule has 1 aromatic heterocycles. The van der Waals surface area contributed by atoms with Gasteiger partial charge in [0.2, 0.25) is 0 Å². The van der Waals surface area contributed by atoms with Gasteiger partial charge in [0.25, 0.3) is 10.0 Å². The Labute approximate surface area is 115 Å². The van der Waals surface area contributed by atoms with Crippen molar-refractivity contribution in [2.24, 2.45) is 0 Å². The number of rotatable bonds is 3. The Morgan fingerprint density at radius 1 is 1.35 bits per heavy atom. The number of aromatic nitrogens is 1. The first-order valence-electron chi connectivity index (χ1n) is 5.40. The SMILES string of the molecule is N#Cc1ncccc1S(=O)(=O)Nc1ccc(O)cc1N. The van der Waals surface area contributed by atoms with Crippen LogP contribution in [0.1, 0.15) is 5.69 Å². The average molecular weight is 290 g/mol. The lowest BCUT2D eigenvalue weighted by molar-refractivity contribution is 0.475. The number of nitrogens with two attached hydrogens (primary N) is 1. The van der Waals surface area contributed by atoms with Crippen molar-refractivity contribution < 1.29 is 13.5 Å². The number of nitriles is 1. The number of hydrogen-bond donors (Lipinski definition) is 3. The van der Waals surface area contributed by atoms with E-state index in [0.29, 0.717) is 0 Å². The van der Waals surface area contributed by atoms with Crippen LogP contribution >= 0.6 is 0 Å². The lowest BCUT2D eigenvalue weighted by Gasteiger charge is -2.11. The molecule has 0 atom stereocenters. The van der Waals surface area contributed by atoms with Gasteiger partial charge in [-0.3, -0.25) is 4.72 Å². The number of nitrogens with one attached hydrogen (secondary N) is 1. The molecule has 0 unspecified atom stereocenters. The number of nitrogen functional groups attached to an aromatic ring is 1. The summed E-state index contributed by atoms with van der Waals surface area (Å²) in [6.07, 6.45) is 1.33. The van der Waals surface area contributed by atoms with E-state index in [0.717, 1.165) is 0 Å². The Kier molecular flexibility index (Phi) is 3.45. The summed E-state index contributed by atoms with van der Waals surface area (Å²) >= 11 is 0. The maximum Gasteiger partial charge on any atom is 0.264 e. The van der Waals surface area contributed by atoms with E-state index in [1.807, 2.05) is 0 Å². The summed E-state index contributed by atoms with van der Waals surface area (Å²) in [5.41, 5.74) is 5.57. The minimum absolute atomic E-state index is 0.0657. The second-order valence-corrected chi connectivity index (χ2v) is 5.49. The van der Waals surface area contributed by atoms with Gasteiger partial charge in [-0.05, 0) is 24.3 Å². The molecule has 0 spiro atoms. The number of phenolic OH excluding ortho intramolecular Hbond substituents is 1. The first-order valence-corrected chi connectivity index (χ1v) is 6.89. The quantitative estimate of drug-likeness (QED) is 0.572. The van der Waals surface area contributed by atoms with Crippen molar-refractivity contribution in [3.05, 3.63) is 42.2 Å². The summed E-state index contributed by atoms with van der Waals surface area (Å²) in [5, 5.41) is 18.1. The molecule has 2 aromatic rings. The topological polar surface area (TPSA) is 129 Å². The van der Waals surface area contributed by atoms with E-state index in [1.165, 1.54) is 36.5 Å². The summed E-state index contributed by atoms with van der Waals surface area (Å²) < 4.78 is 26.6. The fourth-order valence-corrected chi connectivity index (χ4v) is 2.73. The van der Waals surface area contributed by atoms with Gasteiger partial charge >= 0.3 is 0 Å². The second kappa shape index (κ2) is 5.07. The molecular formula is C12H10N4O3S. The molecule has 0 aliphatic rings. The van der Waals surface area contributed by atoms with Gasteiger partial charge in [-0.1, -0.05) is 0 Å². The highest BCUT2D eigenvalue weighted by molar-refractivity contribution is 7.92. The van der Waals surface area contributed by atoms with Crippen molar-refractivity contribution in [1.82, 2.24) is 4.98 Å². The third-order valence-corrected chi connectivity index (χ3v) is 3.84. The van der Waals surface area contributed by atoms with Crippen LogP contribution in [0.15, 0.2) is 41.4 Å². The first kappa shape index (κ1) is 13.6. The average Bonchev–Trinajstić information content (AvgIpc) is 2.42. The fraction of sp³-hybridized carbons (Fsp3) is 0. The summed E-state index contributed by atoms with van der Waals surface area (Å²) in [6, 6.07) is 8.22. The Bertz CT molecular complexity index is 797. The molecule has 0 amide bonds. The molecule has 0 aliphatic carbocycles. The van der Waals surface area contributed by atoms with Crippen LogP contribution in [-0.4, -0.2) is 18.5 Å². The molecule has 0 saturated carbocycles. The number of benzene rings is 1. The summed E-state index contributed by atoms with van der Waals surface area (Å²) in [5.74, 6) is -0.0791. The van der Waals surface area contributed by atoms with Crippen LogP contribution in [0.4, 0.5) is 11.4 Å². The molecule has 4 N–H and O–H groups in total. The van der Waals surface area contributed by atoms with Crippen molar-refractivity contribution >= 4 is 21.4 Å². The lowest BCUT2D eigenvalue weighted by Crippen LogP contribution is -2.16. The fourth-order valence-electron chi connectivity index (χ4n) is 1.53. The summed E-state index contributed by atoms with van der Waals surface area (Å²) in [4.78, 5) is 3.45. The molecule has 1 aromatic carbocycles. The first-order chi connectivity index (χ1) is 9.44. The predicted octanol–water partition coefficient (Wildman–Crippen LogP) is 1.04. The molecule has 102 valence electrons. The van der Waals surface area contributed by atoms with E-state index in [1.54, 1.807) is 6.07 Å². The minimum atomic E-state index is -3.99. The van der Waals surface area contributed by atoms with Crippen molar-refractivity contribution in [3.63, 3.8) is 0 Å². The number of anilines is 2. The van der Waals surface area contributed by atoms with E-state index in [4.69, 9.17) is 11.0 Å². The number of aromatic hydroxyl groups is 1. The lowest BCUT2D eigenvalue weighted by atomic mass is 10.2. The van der Waals surface area contributed by atoms with Crippen molar-refractivity contribution in [3.8, 4) is 11.8 Å². The molecular weight excluding hydrogens is 280 g/mol. The number of phenols is 1. The van der Waals surface area contributed by atoms with Gasteiger partial charge in [0, 0.05) is 12.3 Å². The zero-order valence-corrected chi connectivity index (χ0v) is 10.9. The molecule has 7 nitrogen and oxygen atoms in total. The van der Waals surface area contributed by atoms with E-state index < -0.39 is 10.0 Å². The van der Waals surface area contributed by atoms with E-state index in [2.05, 4.69) is 9.71 Å². The molecule has 0 aliphatic heterocycles. The number of pyridine rings is 1. The number of nitrogens with zero attached hydrogens (tertiary/aromatic N) is 2. The van der Waals surface area contributed by atoms with E-state index in [9.17, 15) is 13.5 Å². The highest BCUT2D eigenvalue weighted by Crippen LogP contribution is 2.26. The van der Waals surface area contributed by atoms with Crippen molar-refractivity contribution in [1.29, 1.82) is 5.26 Å². The summed E-state index contributed by atoms with van der Waals surface area (Å²) in [7, 11) is -3.99. The normalized spacial score (nSPS) is 10.8. The van der Waals surface area contributed by atoms with Crippen LogP contribution in [0.3, 0.4) is 0 Å². The van der Waals surface area contributed by atoms with Crippen LogP contribution in [0.2, 0.25) is 0 Å². The largest absolute Gasteiger partial charge is 0.508 e. The standard InChI is InChI=1S/C12H10N4O3S/c13-7-11-12(2-1-5-15-11)20(18,19)16-10-4-3-8(17)6-9(10)14/h1-6,16-17H,14H2. The van der Waals surface area contributed by atoms with Gasteiger partial charge in [-0.2, -0.15) is 5.26 Å². The Hall–Kier alpha value is -2.79. The van der Waals surface area contributed by atoms with Gasteiger partial charge in [0.15, 0.2) is 5.69 Å². The third kappa shape index (κ3) is 2.62. The molecule has 8 heteroatoms. The van der Waals surface area contributed by atoms with Crippen LogP contribution in [0, 0.1) is 11.3 Å². The number of hydrogen-bond acceptors (Lipinski definition) is 6. The maximum atomic E-state index is 12.2. The van der Waals surface area contributed by atoms with Crippen LogP contribution in [0.5, 0.6) is 5.75 Å². The highest BCUT2D eigenvalue weighted by Gasteiger charge is 2.20. The van der Waals surface area contributed by atoms with Gasteiger partial charge in [-0.25, -0.2) is 13.4 Å². The summed E-state index contributed by atoms with van der Waals surface area (Å²) in [6.45, 7) is 0. The smallest absolute Gasteiger partial charge is 0.264 e. The second-order valence-electron chi connectivity index (χ2n) is 3.84. The van der Waals surface area contributed by atoms with E-state index >= 15 is 0 Å².